The van der Waals surface area contributed by atoms with E-state index in [4.69, 9.17) is 4.74 Å². The summed E-state index contributed by atoms with van der Waals surface area (Å²) < 4.78 is 18.7. The zero-order valence-corrected chi connectivity index (χ0v) is 12.7. The topological polar surface area (TPSA) is 24.5 Å². The molecule has 2 rings (SSSR count). The maximum atomic E-state index is 13.7. The average Bonchev–Trinajstić information content (AvgIpc) is 2.47. The molecule has 1 fully saturated rings. The average molecular weight is 280 g/mol. The summed E-state index contributed by atoms with van der Waals surface area (Å²) in [6.07, 6.45) is 2.34. The Kier molecular flexibility index (Phi) is 5.38. The minimum atomic E-state index is -0.276. The van der Waals surface area contributed by atoms with Crippen LogP contribution in [0.3, 0.4) is 0 Å². The molecule has 0 amide bonds. The van der Waals surface area contributed by atoms with E-state index in [0.717, 1.165) is 31.6 Å². The third kappa shape index (κ3) is 3.49. The number of hydrogen-bond donors (Lipinski definition) is 1. The van der Waals surface area contributed by atoms with Gasteiger partial charge in [-0.15, -0.1) is 0 Å². The Morgan fingerprint density at radius 2 is 2.25 bits per heavy atom. The third-order valence-corrected chi connectivity index (χ3v) is 4.34. The number of piperidine rings is 1. The zero-order valence-electron chi connectivity index (χ0n) is 12.7. The molecule has 0 aromatic heterocycles. The van der Waals surface area contributed by atoms with Crippen LogP contribution in [0.25, 0.3) is 0 Å². The minimum absolute atomic E-state index is 0.276. The van der Waals surface area contributed by atoms with Gasteiger partial charge in [0.2, 0.25) is 0 Å². The maximum absolute atomic E-state index is 13.7. The lowest BCUT2D eigenvalue weighted by molar-refractivity contribution is 0.132. The van der Waals surface area contributed by atoms with E-state index >= 15 is 0 Å². The molecule has 20 heavy (non-hydrogen) atoms. The summed E-state index contributed by atoms with van der Waals surface area (Å²) in [5.41, 5.74) is 1.01. The van der Waals surface area contributed by atoms with E-state index in [9.17, 15) is 4.39 Å². The molecule has 0 saturated carbocycles. The van der Waals surface area contributed by atoms with Gasteiger partial charge in [0.1, 0.15) is 0 Å². The van der Waals surface area contributed by atoms with Crippen molar-refractivity contribution in [1.82, 2.24) is 10.2 Å². The SMILES string of the molecule is CCC1CN(Cc2ccc(OC)c(F)c2)CCC1NC. The molecule has 1 aliphatic heterocycles. The summed E-state index contributed by atoms with van der Waals surface area (Å²) in [6, 6.07) is 5.86. The van der Waals surface area contributed by atoms with E-state index < -0.39 is 0 Å². The van der Waals surface area contributed by atoms with Crippen molar-refractivity contribution >= 4 is 0 Å². The number of methoxy groups -OCH3 is 1. The second kappa shape index (κ2) is 7.04. The quantitative estimate of drug-likeness (QED) is 0.897. The van der Waals surface area contributed by atoms with Crippen LogP contribution in [0.1, 0.15) is 25.3 Å². The lowest BCUT2D eigenvalue weighted by Crippen LogP contribution is -2.47. The van der Waals surface area contributed by atoms with Gasteiger partial charge in [0.05, 0.1) is 7.11 Å². The van der Waals surface area contributed by atoms with Crippen molar-refractivity contribution in [1.29, 1.82) is 0 Å². The number of halogens is 1. The molecular weight excluding hydrogens is 255 g/mol. The van der Waals surface area contributed by atoms with Gasteiger partial charge in [-0.05, 0) is 43.6 Å². The van der Waals surface area contributed by atoms with Gasteiger partial charge in [-0.3, -0.25) is 4.90 Å². The van der Waals surface area contributed by atoms with Crippen LogP contribution in [0.5, 0.6) is 5.75 Å². The van der Waals surface area contributed by atoms with Gasteiger partial charge < -0.3 is 10.1 Å². The molecule has 0 radical (unpaired) electrons. The number of ether oxygens (including phenoxy) is 1. The van der Waals surface area contributed by atoms with Gasteiger partial charge in [-0.2, -0.15) is 0 Å². The highest BCUT2D eigenvalue weighted by atomic mass is 19.1. The first kappa shape index (κ1) is 15.3. The molecule has 0 spiro atoms. The predicted molar refractivity (Wildman–Crippen MR) is 79.5 cm³/mol. The predicted octanol–water partition coefficient (Wildman–Crippen LogP) is 2.65. The molecule has 2 unspecified atom stereocenters. The Hall–Kier alpha value is -1.13. The van der Waals surface area contributed by atoms with Crippen molar-refractivity contribution in [3.05, 3.63) is 29.6 Å². The summed E-state index contributed by atoms with van der Waals surface area (Å²) >= 11 is 0. The molecular formula is C16H25FN2O. The molecule has 1 aromatic carbocycles. The van der Waals surface area contributed by atoms with Gasteiger partial charge in [0.25, 0.3) is 0 Å². The fourth-order valence-corrected chi connectivity index (χ4v) is 3.11. The summed E-state index contributed by atoms with van der Waals surface area (Å²) in [5.74, 6) is 0.716. The molecule has 0 aliphatic carbocycles. The summed E-state index contributed by atoms with van der Waals surface area (Å²) in [7, 11) is 3.54. The number of nitrogens with one attached hydrogen (secondary N) is 1. The number of rotatable bonds is 5. The largest absolute Gasteiger partial charge is 0.494 e. The van der Waals surface area contributed by atoms with Crippen LogP contribution in [0.4, 0.5) is 4.39 Å². The molecule has 2 atom stereocenters. The van der Waals surface area contributed by atoms with Crippen LogP contribution < -0.4 is 10.1 Å². The van der Waals surface area contributed by atoms with Crippen molar-refractivity contribution in [2.75, 3.05) is 27.2 Å². The van der Waals surface area contributed by atoms with Gasteiger partial charge in [-0.25, -0.2) is 4.39 Å². The zero-order chi connectivity index (χ0) is 14.5. The number of benzene rings is 1. The summed E-state index contributed by atoms with van der Waals surface area (Å²) in [6.45, 7) is 5.20. The van der Waals surface area contributed by atoms with E-state index in [1.807, 2.05) is 13.1 Å². The molecule has 1 saturated heterocycles. The first-order valence-electron chi connectivity index (χ1n) is 7.40. The van der Waals surface area contributed by atoms with Crippen molar-refractivity contribution in [2.24, 2.45) is 5.92 Å². The highest BCUT2D eigenvalue weighted by Crippen LogP contribution is 2.23. The normalized spacial score (nSPS) is 23.8. The standard InChI is InChI=1S/C16H25FN2O/c1-4-13-11-19(8-7-15(13)18-2)10-12-5-6-16(20-3)14(17)9-12/h5-6,9,13,15,18H,4,7-8,10-11H2,1-3H3. The monoisotopic (exact) mass is 280 g/mol. The summed E-state index contributed by atoms with van der Waals surface area (Å²) in [5, 5.41) is 3.41. The van der Waals surface area contributed by atoms with Gasteiger partial charge in [0, 0.05) is 19.1 Å². The fraction of sp³-hybridized carbons (Fsp3) is 0.625. The molecule has 1 aliphatic rings. The van der Waals surface area contributed by atoms with Crippen LogP contribution in [-0.4, -0.2) is 38.2 Å². The second-order valence-electron chi connectivity index (χ2n) is 5.56. The first-order chi connectivity index (χ1) is 9.67. The molecule has 1 heterocycles. The highest BCUT2D eigenvalue weighted by molar-refractivity contribution is 5.29. The number of nitrogens with zero attached hydrogens (tertiary/aromatic N) is 1. The molecule has 1 aromatic rings. The third-order valence-electron chi connectivity index (χ3n) is 4.34. The Morgan fingerprint density at radius 3 is 2.85 bits per heavy atom. The van der Waals surface area contributed by atoms with Crippen molar-refractivity contribution < 1.29 is 9.13 Å². The van der Waals surface area contributed by atoms with Gasteiger partial charge in [-0.1, -0.05) is 19.4 Å². The van der Waals surface area contributed by atoms with Crippen molar-refractivity contribution in [2.45, 2.75) is 32.4 Å². The Labute approximate surface area is 121 Å². The van der Waals surface area contributed by atoms with E-state index in [1.165, 1.54) is 13.5 Å². The molecule has 3 nitrogen and oxygen atoms in total. The maximum Gasteiger partial charge on any atom is 0.165 e. The van der Waals surface area contributed by atoms with Crippen LogP contribution >= 0.6 is 0 Å². The van der Waals surface area contributed by atoms with Gasteiger partial charge in [0.15, 0.2) is 11.6 Å². The lowest BCUT2D eigenvalue weighted by atomic mass is 9.90. The van der Waals surface area contributed by atoms with Crippen molar-refractivity contribution in [3.63, 3.8) is 0 Å². The van der Waals surface area contributed by atoms with Crippen LogP contribution in [0, 0.1) is 11.7 Å². The molecule has 1 N–H and O–H groups in total. The first-order valence-corrected chi connectivity index (χ1v) is 7.40. The van der Waals surface area contributed by atoms with E-state index in [2.05, 4.69) is 17.1 Å². The van der Waals surface area contributed by atoms with E-state index in [1.54, 1.807) is 12.1 Å². The Bertz CT molecular complexity index is 438. The van der Waals surface area contributed by atoms with Crippen molar-refractivity contribution in [3.8, 4) is 5.75 Å². The fourth-order valence-electron chi connectivity index (χ4n) is 3.11. The lowest BCUT2D eigenvalue weighted by Gasteiger charge is -2.38. The highest BCUT2D eigenvalue weighted by Gasteiger charge is 2.26. The molecule has 0 bridgehead atoms. The smallest absolute Gasteiger partial charge is 0.165 e. The van der Waals surface area contributed by atoms with E-state index in [-0.39, 0.29) is 5.82 Å². The van der Waals surface area contributed by atoms with Gasteiger partial charge >= 0.3 is 0 Å². The summed E-state index contributed by atoms with van der Waals surface area (Å²) in [4.78, 5) is 2.42. The minimum Gasteiger partial charge on any atom is -0.494 e. The molecule has 4 heteroatoms. The Morgan fingerprint density at radius 1 is 1.45 bits per heavy atom. The van der Waals surface area contributed by atoms with Crippen LogP contribution in [-0.2, 0) is 6.54 Å². The number of likely N-dealkylation sites (tertiary alicyclic amines) is 1. The second-order valence-corrected chi connectivity index (χ2v) is 5.56. The van der Waals surface area contributed by atoms with Crippen LogP contribution in [0.2, 0.25) is 0 Å². The molecule has 112 valence electrons. The number of hydrogen-bond acceptors (Lipinski definition) is 3. The van der Waals surface area contributed by atoms with Crippen LogP contribution in [0.15, 0.2) is 18.2 Å². The Balaban J connectivity index is 1.98. The van der Waals surface area contributed by atoms with E-state index in [0.29, 0.717) is 17.7 Å².